The average Bonchev–Trinajstić information content (AvgIpc) is 3.22. The Hall–Kier alpha value is -2.41. The molecule has 6 nitrogen and oxygen atoms in total. The zero-order chi connectivity index (χ0) is 16.7. The van der Waals surface area contributed by atoms with Crippen LogP contribution in [0.3, 0.4) is 0 Å². The molecule has 0 atom stereocenters. The van der Waals surface area contributed by atoms with E-state index in [1.54, 1.807) is 6.26 Å². The molecule has 0 spiro atoms. The molecule has 4 rings (SSSR count). The van der Waals surface area contributed by atoms with E-state index in [2.05, 4.69) is 15.5 Å². The van der Waals surface area contributed by atoms with E-state index in [9.17, 15) is 4.79 Å². The lowest BCUT2D eigenvalue weighted by atomic mass is 10.1. The van der Waals surface area contributed by atoms with Gasteiger partial charge in [0.2, 0.25) is 5.91 Å². The van der Waals surface area contributed by atoms with Gasteiger partial charge in [-0.15, -0.1) is 0 Å². The number of hydrogen-bond acceptors (Lipinski definition) is 4. The van der Waals surface area contributed by atoms with Crippen molar-refractivity contribution < 1.29 is 9.21 Å². The Bertz CT molecular complexity index is 965. The first kappa shape index (κ1) is 15.1. The second kappa shape index (κ2) is 5.90. The van der Waals surface area contributed by atoms with Crippen LogP contribution in [0.5, 0.6) is 0 Å². The van der Waals surface area contributed by atoms with Crippen LogP contribution in [0.4, 0.5) is 0 Å². The summed E-state index contributed by atoms with van der Waals surface area (Å²) >= 11 is 5.25. The van der Waals surface area contributed by atoms with Crippen LogP contribution >= 0.6 is 12.2 Å². The zero-order valence-electron chi connectivity index (χ0n) is 13.3. The minimum atomic E-state index is -0.0606. The number of furan rings is 1. The number of aromatic amines is 1. The number of nitrogens with one attached hydrogen (secondary N) is 2. The van der Waals surface area contributed by atoms with Gasteiger partial charge >= 0.3 is 0 Å². The molecule has 1 aliphatic carbocycles. The topological polar surface area (TPSA) is 75.8 Å². The van der Waals surface area contributed by atoms with Crippen molar-refractivity contribution in [3.63, 3.8) is 0 Å². The maximum atomic E-state index is 12.3. The van der Waals surface area contributed by atoms with Crippen molar-refractivity contribution in [3.8, 4) is 0 Å². The van der Waals surface area contributed by atoms with E-state index in [4.69, 9.17) is 16.6 Å². The first-order valence-electron chi connectivity index (χ1n) is 8.01. The molecule has 1 aliphatic rings. The first-order valence-corrected chi connectivity index (χ1v) is 8.42. The van der Waals surface area contributed by atoms with Crippen LogP contribution in [-0.2, 0) is 17.8 Å². The number of carbonyl (C=O) groups is 1. The summed E-state index contributed by atoms with van der Waals surface area (Å²) in [6.07, 6.45) is 4.18. The molecule has 124 valence electrons. The summed E-state index contributed by atoms with van der Waals surface area (Å²) in [4.78, 5) is 12.3. The molecular formula is C17H18N4O2S. The fraction of sp³-hybridized carbons (Fsp3) is 0.353. The van der Waals surface area contributed by atoms with E-state index in [1.165, 1.54) is 0 Å². The molecule has 7 heteroatoms. The number of nitrogens with zero attached hydrogens (tertiary/aromatic N) is 2. The highest BCUT2D eigenvalue weighted by atomic mass is 32.1. The first-order chi connectivity index (χ1) is 11.6. The Morgan fingerprint density at radius 2 is 2.33 bits per heavy atom. The number of aromatic nitrogens is 3. The average molecular weight is 342 g/mol. The number of hydrogen-bond donors (Lipinski definition) is 2. The van der Waals surface area contributed by atoms with Crippen LogP contribution in [0.1, 0.15) is 35.8 Å². The summed E-state index contributed by atoms with van der Waals surface area (Å²) in [6.45, 7) is 2.39. The minimum Gasteiger partial charge on any atom is -0.464 e. The van der Waals surface area contributed by atoms with Gasteiger partial charge in [-0.25, -0.2) is 0 Å². The number of amides is 1. The molecule has 1 fully saturated rings. The van der Waals surface area contributed by atoms with Crippen LogP contribution in [-0.4, -0.2) is 20.7 Å². The van der Waals surface area contributed by atoms with Gasteiger partial charge in [0.05, 0.1) is 19.2 Å². The molecule has 0 bridgehead atoms. The van der Waals surface area contributed by atoms with Crippen molar-refractivity contribution in [3.05, 3.63) is 46.2 Å². The summed E-state index contributed by atoms with van der Waals surface area (Å²) in [5, 5.41) is 10.9. The van der Waals surface area contributed by atoms with Crippen molar-refractivity contribution in [2.45, 2.75) is 38.8 Å². The fourth-order valence-electron chi connectivity index (χ4n) is 2.91. The molecule has 0 saturated heterocycles. The highest BCUT2D eigenvalue weighted by Crippen LogP contribution is 2.35. The van der Waals surface area contributed by atoms with E-state index >= 15 is 0 Å². The second-order valence-electron chi connectivity index (χ2n) is 6.26. The summed E-state index contributed by atoms with van der Waals surface area (Å²) in [6, 6.07) is 6.43. The monoisotopic (exact) mass is 342 g/mol. The van der Waals surface area contributed by atoms with E-state index in [0.717, 1.165) is 40.8 Å². The lowest BCUT2D eigenvalue weighted by Gasteiger charge is -2.06. The second-order valence-corrected chi connectivity index (χ2v) is 6.65. The van der Waals surface area contributed by atoms with Crippen LogP contribution in [0.25, 0.3) is 11.0 Å². The molecule has 1 amide bonds. The number of aryl methyl sites for hydroxylation is 1. The van der Waals surface area contributed by atoms with Crippen LogP contribution in [0, 0.1) is 11.7 Å². The molecule has 0 aliphatic heterocycles. The number of carbonyl (C=O) groups excluding carboxylic acids is 1. The predicted molar refractivity (Wildman–Crippen MR) is 92.2 cm³/mol. The van der Waals surface area contributed by atoms with E-state index in [0.29, 0.717) is 17.4 Å². The van der Waals surface area contributed by atoms with E-state index < -0.39 is 0 Å². The highest BCUT2D eigenvalue weighted by Gasteiger charge is 2.27. The maximum Gasteiger partial charge on any atom is 0.224 e. The third-order valence-electron chi connectivity index (χ3n) is 4.30. The van der Waals surface area contributed by atoms with Gasteiger partial charge in [-0.2, -0.15) is 5.10 Å². The van der Waals surface area contributed by atoms with Crippen molar-refractivity contribution in [2.75, 3.05) is 0 Å². The van der Waals surface area contributed by atoms with Gasteiger partial charge in [0.15, 0.2) is 10.6 Å². The Morgan fingerprint density at radius 1 is 1.50 bits per heavy atom. The number of benzene rings is 1. The van der Waals surface area contributed by atoms with Gasteiger partial charge in [0.25, 0.3) is 0 Å². The van der Waals surface area contributed by atoms with E-state index in [-0.39, 0.29) is 12.3 Å². The summed E-state index contributed by atoms with van der Waals surface area (Å²) in [7, 11) is 0. The maximum absolute atomic E-state index is 12.3. The Kier molecular flexibility index (Phi) is 3.72. The van der Waals surface area contributed by atoms with Gasteiger partial charge in [0.1, 0.15) is 5.58 Å². The van der Waals surface area contributed by atoms with Gasteiger partial charge in [0, 0.05) is 17.0 Å². The molecule has 2 heterocycles. The van der Waals surface area contributed by atoms with Crippen LogP contribution in [0.15, 0.2) is 28.9 Å². The van der Waals surface area contributed by atoms with Crippen molar-refractivity contribution in [2.24, 2.45) is 0 Å². The number of rotatable bonds is 5. The lowest BCUT2D eigenvalue weighted by molar-refractivity contribution is -0.120. The molecule has 0 radical (unpaired) electrons. The molecule has 2 aromatic heterocycles. The third kappa shape index (κ3) is 2.87. The molecule has 24 heavy (non-hydrogen) atoms. The Morgan fingerprint density at radius 3 is 3.12 bits per heavy atom. The molecule has 0 unspecified atom stereocenters. The van der Waals surface area contributed by atoms with Crippen molar-refractivity contribution in [1.29, 1.82) is 0 Å². The molecule has 1 aromatic carbocycles. The lowest BCUT2D eigenvalue weighted by Crippen LogP contribution is -2.26. The SMILES string of the molecule is Cc1ccc2c(CC(=O)NCc3n[nH]c(=S)n3C3CC3)coc2c1. The van der Waals surface area contributed by atoms with Gasteiger partial charge in [-0.1, -0.05) is 12.1 Å². The Labute approximate surface area is 143 Å². The predicted octanol–water partition coefficient (Wildman–Crippen LogP) is 3.19. The van der Waals surface area contributed by atoms with Crippen molar-refractivity contribution in [1.82, 2.24) is 20.1 Å². The largest absolute Gasteiger partial charge is 0.464 e. The summed E-state index contributed by atoms with van der Waals surface area (Å²) in [5.74, 6) is 0.720. The highest BCUT2D eigenvalue weighted by molar-refractivity contribution is 7.71. The summed E-state index contributed by atoms with van der Waals surface area (Å²) < 4.78 is 8.17. The van der Waals surface area contributed by atoms with Gasteiger partial charge in [-0.3, -0.25) is 14.5 Å². The smallest absolute Gasteiger partial charge is 0.224 e. The van der Waals surface area contributed by atoms with Crippen LogP contribution in [0.2, 0.25) is 0 Å². The summed E-state index contributed by atoms with van der Waals surface area (Å²) in [5.41, 5.74) is 2.84. The molecule has 3 aromatic rings. The zero-order valence-corrected chi connectivity index (χ0v) is 14.2. The number of fused-ring (bicyclic) bond motifs is 1. The van der Waals surface area contributed by atoms with Crippen molar-refractivity contribution >= 4 is 29.1 Å². The standard InChI is InChI=1S/C17H18N4O2S/c1-10-2-5-13-11(9-23-14(13)6-10)7-16(22)18-8-15-19-20-17(24)21(15)12-3-4-12/h2,5-6,9,12H,3-4,7-8H2,1H3,(H,18,22)(H,20,24). The number of H-pyrrole nitrogens is 1. The quantitative estimate of drug-likeness (QED) is 0.698. The molecular weight excluding hydrogens is 324 g/mol. The third-order valence-corrected chi connectivity index (χ3v) is 4.58. The normalized spacial score (nSPS) is 14.2. The minimum absolute atomic E-state index is 0.0606. The van der Waals surface area contributed by atoms with E-state index in [1.807, 2.05) is 29.7 Å². The fourth-order valence-corrected chi connectivity index (χ4v) is 3.21. The van der Waals surface area contributed by atoms with Gasteiger partial charge < -0.3 is 9.73 Å². The Balaban J connectivity index is 1.44. The molecule has 2 N–H and O–H groups in total. The molecule has 1 saturated carbocycles. The van der Waals surface area contributed by atoms with Gasteiger partial charge in [-0.05, 0) is 43.6 Å². The van der Waals surface area contributed by atoms with Crippen LogP contribution < -0.4 is 5.32 Å².